The second kappa shape index (κ2) is 11.5. The summed E-state index contributed by atoms with van der Waals surface area (Å²) in [6.45, 7) is 0.511. The van der Waals surface area contributed by atoms with Gasteiger partial charge in [0.15, 0.2) is 6.61 Å². The van der Waals surface area contributed by atoms with E-state index in [2.05, 4.69) is 25.3 Å². The van der Waals surface area contributed by atoms with Crippen LogP contribution in [0, 0.1) is 0 Å². The van der Waals surface area contributed by atoms with Gasteiger partial charge in [0.2, 0.25) is 17.7 Å². The number of carbonyl (C=O) groups is 3. The van der Waals surface area contributed by atoms with Crippen LogP contribution in [0.5, 0.6) is 5.88 Å². The van der Waals surface area contributed by atoms with Crippen molar-refractivity contribution in [2.45, 2.75) is 38.8 Å². The molecule has 9 nitrogen and oxygen atoms in total. The molecule has 194 valence electrons. The molecule has 0 bridgehead atoms. The largest absolute Gasteiger partial charge is 0.470 e. The van der Waals surface area contributed by atoms with Crippen molar-refractivity contribution in [3.05, 3.63) is 51.9 Å². The lowest BCUT2D eigenvalue weighted by atomic mass is 10.1. The van der Waals surface area contributed by atoms with Crippen molar-refractivity contribution in [1.29, 1.82) is 0 Å². The van der Waals surface area contributed by atoms with Crippen LogP contribution in [0.1, 0.15) is 34.1 Å². The molecule has 0 aliphatic carbocycles. The Morgan fingerprint density at radius 3 is 2.64 bits per heavy atom. The van der Waals surface area contributed by atoms with Gasteiger partial charge in [-0.1, -0.05) is 11.6 Å². The van der Waals surface area contributed by atoms with Gasteiger partial charge in [0.25, 0.3) is 5.91 Å². The van der Waals surface area contributed by atoms with Crippen molar-refractivity contribution in [3.8, 4) is 5.88 Å². The summed E-state index contributed by atoms with van der Waals surface area (Å²) < 4.78 is 55.4. The fraction of sp³-hybridized carbons (Fsp3) is 0.409. The maximum atomic E-state index is 13.1. The van der Waals surface area contributed by atoms with Crippen molar-refractivity contribution in [2.24, 2.45) is 0 Å². The van der Waals surface area contributed by atoms with E-state index in [0.717, 1.165) is 0 Å². The highest BCUT2D eigenvalue weighted by atomic mass is 35.5. The summed E-state index contributed by atoms with van der Waals surface area (Å²) in [5, 5.41) is 5.04. The van der Waals surface area contributed by atoms with Gasteiger partial charge in [0.05, 0.1) is 12.1 Å². The van der Waals surface area contributed by atoms with E-state index >= 15 is 0 Å². The van der Waals surface area contributed by atoms with Gasteiger partial charge in [-0.25, -0.2) is 13.8 Å². The van der Waals surface area contributed by atoms with E-state index in [-0.39, 0.29) is 55.3 Å². The molecule has 3 rings (SSSR count). The summed E-state index contributed by atoms with van der Waals surface area (Å²) in [5.74, 6) is -5.64. The molecule has 14 heteroatoms. The summed E-state index contributed by atoms with van der Waals surface area (Å²) in [6, 6.07) is 2.88. The number of nitrogens with zero attached hydrogens (tertiary/aromatic N) is 3. The van der Waals surface area contributed by atoms with Gasteiger partial charge in [-0.3, -0.25) is 19.4 Å². The van der Waals surface area contributed by atoms with Crippen LogP contribution >= 0.6 is 11.6 Å². The Labute approximate surface area is 208 Å². The van der Waals surface area contributed by atoms with Crippen molar-refractivity contribution in [2.75, 3.05) is 19.7 Å². The monoisotopic (exact) mass is 531 g/mol. The van der Waals surface area contributed by atoms with Gasteiger partial charge in [-0.05, 0) is 17.7 Å². The molecule has 2 aromatic heterocycles. The molecule has 3 heterocycles. The van der Waals surface area contributed by atoms with Crippen LogP contribution in [0.2, 0.25) is 5.02 Å². The lowest BCUT2D eigenvalue weighted by Crippen LogP contribution is -2.34. The maximum Gasteiger partial charge on any atom is 0.340 e. The summed E-state index contributed by atoms with van der Waals surface area (Å²) in [5.41, 5.74) is 1.85. The van der Waals surface area contributed by atoms with E-state index in [0.29, 0.717) is 22.4 Å². The minimum absolute atomic E-state index is 0.0516. The number of fused-ring (bicyclic) bond motifs is 1. The smallest absolute Gasteiger partial charge is 0.340 e. The Bertz CT molecular complexity index is 1150. The van der Waals surface area contributed by atoms with E-state index < -0.39 is 24.8 Å². The minimum atomic E-state index is -4.36. The number of hydrogen-bond donors (Lipinski definition) is 2. The molecule has 0 spiro atoms. The first kappa shape index (κ1) is 27.1. The Balaban J connectivity index is 1.62. The van der Waals surface area contributed by atoms with Gasteiger partial charge in [-0.2, -0.15) is 8.78 Å². The molecule has 0 fully saturated rings. The van der Waals surface area contributed by atoms with Crippen LogP contribution in [0.15, 0.2) is 24.5 Å². The van der Waals surface area contributed by atoms with Gasteiger partial charge in [-0.15, -0.1) is 0 Å². The predicted molar refractivity (Wildman–Crippen MR) is 119 cm³/mol. The molecule has 0 radical (unpaired) electrons. The van der Waals surface area contributed by atoms with E-state index in [4.69, 9.17) is 11.6 Å². The number of amides is 3. The lowest BCUT2D eigenvalue weighted by Gasteiger charge is -2.18. The molecule has 0 atom stereocenters. The van der Waals surface area contributed by atoms with E-state index in [1.165, 1.54) is 30.3 Å². The molecular weight excluding hydrogens is 510 g/mol. The summed E-state index contributed by atoms with van der Waals surface area (Å²) >= 11 is 6.00. The maximum absolute atomic E-state index is 13.1. The van der Waals surface area contributed by atoms with Crippen LogP contribution in [-0.4, -0.2) is 64.6 Å². The highest BCUT2D eigenvalue weighted by Gasteiger charge is 2.42. The third kappa shape index (κ3) is 6.80. The van der Waals surface area contributed by atoms with Gasteiger partial charge in [0.1, 0.15) is 5.02 Å². The zero-order valence-corrected chi connectivity index (χ0v) is 19.7. The third-order valence-electron chi connectivity index (χ3n) is 5.12. The molecular formula is C22H22ClF4N5O4. The number of ether oxygens (including phenoxy) is 1. The van der Waals surface area contributed by atoms with Gasteiger partial charge >= 0.3 is 12.3 Å². The summed E-state index contributed by atoms with van der Waals surface area (Å²) in [7, 11) is 0. The Kier molecular flexibility index (Phi) is 8.66. The molecule has 0 aromatic carbocycles. The number of rotatable bonds is 11. The second-order valence-corrected chi connectivity index (χ2v) is 8.34. The first-order valence-corrected chi connectivity index (χ1v) is 11.1. The fourth-order valence-corrected chi connectivity index (χ4v) is 3.63. The zero-order valence-electron chi connectivity index (χ0n) is 19.0. The normalized spacial score (nSPS) is 13.1. The Morgan fingerprint density at radius 2 is 1.97 bits per heavy atom. The number of alkyl halides is 4. The Hall–Kier alpha value is -3.48. The quantitative estimate of drug-likeness (QED) is 0.340. The van der Waals surface area contributed by atoms with Crippen LogP contribution in [0.4, 0.5) is 17.6 Å². The predicted octanol–water partition coefficient (Wildman–Crippen LogP) is 2.36. The van der Waals surface area contributed by atoms with Crippen LogP contribution < -0.4 is 15.4 Å². The number of aromatic nitrogens is 2. The third-order valence-corrected chi connectivity index (χ3v) is 5.39. The topological polar surface area (TPSA) is 114 Å². The molecule has 0 saturated carbocycles. The van der Waals surface area contributed by atoms with Crippen LogP contribution in [0.25, 0.3) is 0 Å². The van der Waals surface area contributed by atoms with Crippen molar-refractivity contribution in [1.82, 2.24) is 25.5 Å². The van der Waals surface area contributed by atoms with Gasteiger partial charge in [0, 0.05) is 56.6 Å². The number of carbonyl (C=O) groups excluding carboxylic acids is 3. The van der Waals surface area contributed by atoms with Crippen LogP contribution in [0.3, 0.4) is 0 Å². The van der Waals surface area contributed by atoms with Crippen LogP contribution in [-0.2, 0) is 29.1 Å². The standard InChI is InChI=1S/C22H22ClF4N5O4/c1-12(33)28-4-5-30-18(34)7-17-15-10-32(20(35)14(15)2-3-29-17)9-13-6-16(23)19(31-8-13)36-11-22(26,27)21(24)25/h2-3,6,8,21H,4-5,7,9-11H2,1H3,(H,28,33)(H,30,34). The molecule has 2 N–H and O–H groups in total. The van der Waals surface area contributed by atoms with E-state index in [9.17, 15) is 31.9 Å². The minimum Gasteiger partial charge on any atom is -0.470 e. The van der Waals surface area contributed by atoms with Crippen molar-refractivity contribution < 1.29 is 36.7 Å². The number of hydrogen-bond acceptors (Lipinski definition) is 6. The zero-order chi connectivity index (χ0) is 26.5. The van der Waals surface area contributed by atoms with Gasteiger partial charge < -0.3 is 20.3 Å². The first-order chi connectivity index (χ1) is 17.0. The number of pyridine rings is 2. The fourth-order valence-electron chi connectivity index (χ4n) is 3.39. The highest BCUT2D eigenvalue weighted by Crippen LogP contribution is 2.30. The summed E-state index contributed by atoms with van der Waals surface area (Å²) in [4.78, 5) is 45.5. The van der Waals surface area contributed by atoms with E-state index in [1.54, 1.807) is 6.07 Å². The number of nitrogens with one attached hydrogen (secondary N) is 2. The lowest BCUT2D eigenvalue weighted by molar-refractivity contribution is -0.148. The molecule has 3 amide bonds. The van der Waals surface area contributed by atoms with Crippen molar-refractivity contribution >= 4 is 29.3 Å². The molecule has 2 aromatic rings. The highest BCUT2D eigenvalue weighted by molar-refractivity contribution is 6.31. The molecule has 1 aliphatic heterocycles. The second-order valence-electron chi connectivity index (χ2n) is 7.94. The SMILES string of the molecule is CC(=O)NCCNC(=O)Cc1nccc2c1CN(Cc1cnc(OCC(F)(F)C(F)F)c(Cl)c1)C2=O. The summed E-state index contributed by atoms with van der Waals surface area (Å²) in [6.07, 6.45) is -1.29. The molecule has 36 heavy (non-hydrogen) atoms. The first-order valence-electron chi connectivity index (χ1n) is 10.7. The van der Waals surface area contributed by atoms with E-state index in [1.807, 2.05) is 0 Å². The average molecular weight is 532 g/mol. The number of halogens is 5. The average Bonchev–Trinajstić information content (AvgIpc) is 3.12. The molecule has 0 saturated heterocycles. The Morgan fingerprint density at radius 1 is 1.25 bits per heavy atom. The molecule has 0 unspecified atom stereocenters. The van der Waals surface area contributed by atoms with Crippen molar-refractivity contribution in [3.63, 3.8) is 0 Å². The molecule has 1 aliphatic rings.